The molecule has 3 saturated heterocycles. The molecule has 0 saturated carbocycles. The van der Waals surface area contributed by atoms with Crippen LogP contribution in [-0.2, 0) is 14.8 Å². The van der Waals surface area contributed by atoms with Gasteiger partial charge in [0.25, 0.3) is 0 Å². The molecule has 3 fully saturated rings. The van der Waals surface area contributed by atoms with Gasteiger partial charge < -0.3 is 35.8 Å². The highest BCUT2D eigenvalue weighted by Gasteiger charge is 2.28. The molecule has 4 aromatic rings. The summed E-state index contributed by atoms with van der Waals surface area (Å²) in [5.41, 5.74) is 3.72. The molecule has 5 N–H and O–H groups in total. The number of carbonyl (C=O) groups is 2. The molecule has 7 rings (SSSR count). The van der Waals surface area contributed by atoms with Gasteiger partial charge in [0.05, 0.1) is 42.3 Å². The van der Waals surface area contributed by atoms with Gasteiger partial charge in [0.1, 0.15) is 16.6 Å². The zero-order valence-electron chi connectivity index (χ0n) is 35.3. The Balaban J connectivity index is 0.806. The molecule has 0 aliphatic carbocycles. The van der Waals surface area contributed by atoms with Crippen LogP contribution in [0.4, 0.5) is 55.1 Å². The van der Waals surface area contributed by atoms with E-state index in [0.717, 1.165) is 95.5 Å². The first kappa shape index (κ1) is 44.6. The van der Waals surface area contributed by atoms with Crippen LogP contribution < -0.4 is 50.3 Å². The molecule has 0 unspecified atom stereocenters. The van der Waals surface area contributed by atoms with E-state index in [4.69, 9.17) is 16.3 Å². The summed E-state index contributed by atoms with van der Waals surface area (Å²) in [5, 5.41) is 16.2. The predicted octanol–water partition coefficient (Wildman–Crippen LogP) is 6.06. The van der Waals surface area contributed by atoms with E-state index in [9.17, 15) is 18.0 Å². The van der Waals surface area contributed by atoms with E-state index in [1.807, 2.05) is 18.2 Å². The number of nitrogens with one attached hydrogen (secondary N) is 5. The number of imide groups is 1. The number of piperidine rings is 2. The Morgan fingerprint density at radius 3 is 2.32 bits per heavy atom. The summed E-state index contributed by atoms with van der Waals surface area (Å²) in [6, 6.07) is 17.9. The van der Waals surface area contributed by atoms with Gasteiger partial charge in [-0.15, -0.1) is 0 Å². The molecule has 0 bridgehead atoms. The average Bonchev–Trinajstić information content (AvgIpc) is 3.26. The fourth-order valence-electron chi connectivity index (χ4n) is 8.10. The molecule has 62 heavy (non-hydrogen) atoms. The number of sulfonamides is 1. The van der Waals surface area contributed by atoms with Crippen molar-refractivity contribution in [1.29, 1.82) is 0 Å². The van der Waals surface area contributed by atoms with Crippen LogP contribution in [0.3, 0.4) is 0 Å². The van der Waals surface area contributed by atoms with Gasteiger partial charge in [-0.2, -0.15) is 4.98 Å². The largest absolute Gasteiger partial charge is 0.494 e. The quantitative estimate of drug-likeness (QED) is 0.0775. The van der Waals surface area contributed by atoms with Crippen LogP contribution in [0.25, 0.3) is 0 Å². The lowest BCUT2D eigenvalue weighted by Crippen LogP contribution is -2.49. The Labute approximate surface area is 367 Å². The van der Waals surface area contributed by atoms with Crippen molar-refractivity contribution in [2.24, 2.45) is 5.92 Å². The van der Waals surface area contributed by atoms with E-state index in [2.05, 4.69) is 52.4 Å². The number of carbonyl (C=O) groups excluding carboxylic acids is 2. The maximum absolute atomic E-state index is 15.0. The van der Waals surface area contributed by atoms with Crippen LogP contribution in [0.2, 0.25) is 5.02 Å². The third-order valence-electron chi connectivity index (χ3n) is 11.7. The maximum atomic E-state index is 15.0. The van der Waals surface area contributed by atoms with Crippen LogP contribution in [0.5, 0.6) is 5.75 Å². The number of hydrogen-bond donors (Lipinski definition) is 5. The third kappa shape index (κ3) is 11.1. The number of methoxy groups -OCH3 is 1. The summed E-state index contributed by atoms with van der Waals surface area (Å²) in [6.07, 6.45) is 8.03. The summed E-state index contributed by atoms with van der Waals surface area (Å²) >= 11 is 6.46. The minimum Gasteiger partial charge on any atom is -0.494 e. The monoisotopic (exact) mass is 891 g/mol. The number of amides is 3. The van der Waals surface area contributed by atoms with Gasteiger partial charge >= 0.3 is 6.03 Å². The van der Waals surface area contributed by atoms with Crippen molar-refractivity contribution < 1.29 is 27.1 Å². The molecule has 3 aliphatic rings. The van der Waals surface area contributed by atoms with Crippen molar-refractivity contribution in [3.8, 4) is 5.75 Å². The van der Waals surface area contributed by atoms with E-state index >= 15 is 4.39 Å². The van der Waals surface area contributed by atoms with Gasteiger partial charge in [-0.25, -0.2) is 22.6 Å². The number of nitrogens with zero attached hydrogens (tertiary/aromatic N) is 6. The topological polar surface area (TPSA) is 176 Å². The Hall–Kier alpha value is -5.43. The third-order valence-corrected chi connectivity index (χ3v) is 13.2. The summed E-state index contributed by atoms with van der Waals surface area (Å²) < 4.78 is 46.5. The zero-order valence-corrected chi connectivity index (χ0v) is 36.9. The number of rotatable bonds is 17. The molecule has 0 spiro atoms. The minimum absolute atomic E-state index is 0.156. The molecule has 3 aliphatic heterocycles. The minimum atomic E-state index is -3.50. The number of para-hydroxylation sites is 2. The van der Waals surface area contributed by atoms with Gasteiger partial charge in [0.15, 0.2) is 5.82 Å². The summed E-state index contributed by atoms with van der Waals surface area (Å²) in [4.78, 5) is 38.4. The van der Waals surface area contributed by atoms with Gasteiger partial charge in [0, 0.05) is 82.8 Å². The van der Waals surface area contributed by atoms with Crippen LogP contribution in [0.15, 0.2) is 66.9 Å². The van der Waals surface area contributed by atoms with Gasteiger partial charge in [-0.3, -0.25) is 19.3 Å². The standard InChI is InChI=1S/C43H55ClFN11O5S/c1-53(62(3,59)60)38-7-5-4-6-35(38)49-41-33(44)28-48-42(52-41)50-36-10-8-32(27-39(36)61-2)55-23-15-30(16-24-55)47-20-19-46-18-12-29-13-21-54(22-14-29)31-9-11-37(34(45)26-31)56-25-17-40(57)51-43(56)58/h4-11,26-30,46-47H,12-25H2,1-3H3,(H,51,57,58)(H2,48,49,50,52). The van der Waals surface area contributed by atoms with Crippen LogP contribution in [-0.4, -0.2) is 109 Å². The lowest BCUT2D eigenvalue weighted by atomic mass is 9.93. The fourth-order valence-corrected chi connectivity index (χ4v) is 8.75. The van der Waals surface area contributed by atoms with Crippen LogP contribution >= 0.6 is 11.6 Å². The molecule has 19 heteroatoms. The molecular weight excluding hydrogens is 837 g/mol. The van der Waals surface area contributed by atoms with Crippen LogP contribution in [0.1, 0.15) is 38.5 Å². The Morgan fingerprint density at radius 1 is 0.903 bits per heavy atom. The molecule has 3 amide bonds. The first-order valence-electron chi connectivity index (χ1n) is 21.0. The highest BCUT2D eigenvalue weighted by atomic mass is 35.5. The van der Waals surface area contributed by atoms with Crippen molar-refractivity contribution >= 4 is 79.5 Å². The highest BCUT2D eigenvalue weighted by molar-refractivity contribution is 7.92. The lowest BCUT2D eigenvalue weighted by Gasteiger charge is -2.34. The number of anilines is 8. The number of hydrogen-bond acceptors (Lipinski definition) is 13. The Kier molecular flexibility index (Phi) is 14.5. The number of aromatic nitrogens is 2. The second-order valence-electron chi connectivity index (χ2n) is 15.8. The molecule has 1 aromatic heterocycles. The number of halogens is 2. The summed E-state index contributed by atoms with van der Waals surface area (Å²) in [6.45, 7) is 6.50. The van der Waals surface area contributed by atoms with E-state index < -0.39 is 21.9 Å². The Morgan fingerprint density at radius 2 is 1.61 bits per heavy atom. The SMILES string of the molecule is COc1cc(N2CCC(NCCNCCC3CCN(c4ccc(N5CCC(=O)NC5=O)c(F)c4)CC3)CC2)ccc1Nc1ncc(Cl)c(Nc2ccccc2N(C)S(C)(=O)=O)n1. The van der Waals surface area contributed by atoms with E-state index in [-0.39, 0.29) is 35.5 Å². The maximum Gasteiger partial charge on any atom is 0.328 e. The second kappa shape index (κ2) is 20.2. The van der Waals surface area contributed by atoms with Crippen molar-refractivity contribution in [1.82, 2.24) is 25.9 Å². The van der Waals surface area contributed by atoms with Crippen molar-refractivity contribution in [2.75, 3.05) is 102 Å². The first-order chi connectivity index (χ1) is 29.9. The van der Waals surface area contributed by atoms with Crippen molar-refractivity contribution in [3.63, 3.8) is 0 Å². The Bertz CT molecular complexity index is 2330. The predicted molar refractivity (Wildman–Crippen MR) is 244 cm³/mol. The van der Waals surface area contributed by atoms with Crippen molar-refractivity contribution in [2.45, 2.75) is 44.6 Å². The number of ether oxygens (including phenoxy) is 1. The fraction of sp³-hybridized carbons (Fsp3) is 0.442. The smallest absolute Gasteiger partial charge is 0.328 e. The van der Waals surface area contributed by atoms with Crippen molar-refractivity contribution in [3.05, 3.63) is 77.7 Å². The van der Waals surface area contributed by atoms with Crippen LogP contribution in [0, 0.1) is 11.7 Å². The normalized spacial score (nSPS) is 16.6. The van der Waals surface area contributed by atoms with Gasteiger partial charge in [-0.05, 0) is 87.0 Å². The number of urea groups is 1. The number of benzene rings is 3. The second-order valence-corrected chi connectivity index (χ2v) is 18.3. The van der Waals surface area contributed by atoms with E-state index in [0.29, 0.717) is 40.6 Å². The molecule has 332 valence electrons. The highest BCUT2D eigenvalue weighted by Crippen LogP contribution is 2.35. The lowest BCUT2D eigenvalue weighted by molar-refractivity contribution is -0.120. The van der Waals surface area contributed by atoms with E-state index in [1.54, 1.807) is 37.4 Å². The van der Waals surface area contributed by atoms with E-state index in [1.165, 1.54) is 28.5 Å². The average molecular weight is 893 g/mol. The first-order valence-corrected chi connectivity index (χ1v) is 23.2. The molecule has 0 radical (unpaired) electrons. The summed E-state index contributed by atoms with van der Waals surface area (Å²) in [5.74, 6) is 1.05. The molecule has 0 atom stereocenters. The molecule has 4 heterocycles. The van der Waals surface area contributed by atoms with Gasteiger partial charge in [-0.1, -0.05) is 23.7 Å². The van der Waals surface area contributed by atoms with Gasteiger partial charge in [0.2, 0.25) is 21.9 Å². The zero-order chi connectivity index (χ0) is 43.8. The molecular formula is C43H55ClFN11O5S. The summed E-state index contributed by atoms with van der Waals surface area (Å²) in [7, 11) is -0.389. The molecule has 16 nitrogen and oxygen atoms in total. The molecule has 3 aromatic carbocycles.